The van der Waals surface area contributed by atoms with Gasteiger partial charge in [-0.25, -0.2) is 4.79 Å². The molecule has 0 N–H and O–H groups in total. The van der Waals surface area contributed by atoms with Crippen LogP contribution in [0.2, 0.25) is 0 Å². The number of unbranched alkanes of at least 4 members (excludes halogenated alkanes) is 9. The van der Waals surface area contributed by atoms with Crippen LogP contribution in [0.1, 0.15) is 87.1 Å². The van der Waals surface area contributed by atoms with Crippen molar-refractivity contribution < 1.29 is 14.3 Å². The lowest BCUT2D eigenvalue weighted by molar-refractivity contribution is 0.0734. The lowest BCUT2D eigenvalue weighted by Gasteiger charge is -2.08. The lowest BCUT2D eigenvalue weighted by atomic mass is 10.1. The summed E-state index contributed by atoms with van der Waals surface area (Å²) in [6.07, 6.45) is 13.1. The molecule has 0 spiro atoms. The second-order valence-corrected chi connectivity index (χ2v) is 7.58. The van der Waals surface area contributed by atoms with Gasteiger partial charge < -0.3 is 9.47 Å². The van der Waals surface area contributed by atoms with E-state index in [1.165, 1.54) is 57.8 Å². The molecule has 0 saturated heterocycles. The summed E-state index contributed by atoms with van der Waals surface area (Å²) in [5.41, 5.74) is 0.922. The number of hydrogen-bond donors (Lipinski definition) is 0. The maximum absolute atomic E-state index is 12.1. The van der Waals surface area contributed by atoms with Crippen molar-refractivity contribution in [1.29, 1.82) is 5.26 Å². The van der Waals surface area contributed by atoms with E-state index in [1.807, 2.05) is 18.2 Å². The van der Waals surface area contributed by atoms with E-state index in [2.05, 4.69) is 6.92 Å². The van der Waals surface area contributed by atoms with E-state index in [0.717, 1.165) is 12.2 Å². The molecule has 160 valence electrons. The number of hydrogen-bond acceptors (Lipinski definition) is 4. The van der Waals surface area contributed by atoms with E-state index in [1.54, 1.807) is 36.4 Å². The molecule has 0 heterocycles. The number of esters is 1. The summed E-state index contributed by atoms with van der Waals surface area (Å²) in [7, 11) is 0. The van der Waals surface area contributed by atoms with E-state index < -0.39 is 5.97 Å². The number of ether oxygens (including phenoxy) is 2. The molecule has 4 heteroatoms. The maximum Gasteiger partial charge on any atom is 0.343 e. The summed E-state index contributed by atoms with van der Waals surface area (Å²) in [6.45, 7) is 2.96. The van der Waals surface area contributed by atoms with Crippen molar-refractivity contribution in [3.05, 3.63) is 59.7 Å². The maximum atomic E-state index is 12.1. The Morgan fingerprint density at radius 1 is 0.767 bits per heavy atom. The molecule has 2 aromatic rings. The number of nitrogens with zero attached hydrogens (tertiary/aromatic N) is 1. The van der Waals surface area contributed by atoms with Crippen molar-refractivity contribution in [1.82, 2.24) is 0 Å². The molecule has 0 aliphatic heterocycles. The van der Waals surface area contributed by atoms with Gasteiger partial charge in [0.05, 0.1) is 23.8 Å². The van der Waals surface area contributed by atoms with Gasteiger partial charge in [-0.3, -0.25) is 0 Å². The molecule has 0 aromatic heterocycles. The number of carbonyl (C=O) groups is 1. The van der Waals surface area contributed by atoms with Crippen LogP contribution in [0, 0.1) is 11.3 Å². The first-order chi connectivity index (χ1) is 14.7. The molecule has 0 aliphatic rings. The summed E-state index contributed by atoms with van der Waals surface area (Å²) >= 11 is 0. The molecule has 0 bridgehead atoms. The first-order valence-corrected chi connectivity index (χ1v) is 11.2. The van der Waals surface area contributed by atoms with Gasteiger partial charge in [0.15, 0.2) is 0 Å². The van der Waals surface area contributed by atoms with Crippen LogP contribution < -0.4 is 9.47 Å². The van der Waals surface area contributed by atoms with E-state index >= 15 is 0 Å². The van der Waals surface area contributed by atoms with E-state index in [4.69, 9.17) is 14.7 Å². The van der Waals surface area contributed by atoms with Gasteiger partial charge in [-0.05, 0) is 55.0 Å². The molecule has 0 amide bonds. The third-order valence-corrected chi connectivity index (χ3v) is 5.05. The molecule has 0 radical (unpaired) electrons. The summed E-state index contributed by atoms with van der Waals surface area (Å²) in [5.74, 6) is 0.804. The molecule has 0 fully saturated rings. The van der Waals surface area contributed by atoms with Gasteiger partial charge in [0, 0.05) is 0 Å². The summed E-state index contributed by atoms with van der Waals surface area (Å²) in [5, 5.41) is 8.81. The largest absolute Gasteiger partial charge is 0.494 e. The van der Waals surface area contributed by atoms with Crippen molar-refractivity contribution in [2.45, 2.75) is 71.1 Å². The molecular weight excluding hydrogens is 374 g/mol. The van der Waals surface area contributed by atoms with Crippen LogP contribution in [0.5, 0.6) is 11.5 Å². The van der Waals surface area contributed by atoms with Crippen LogP contribution in [-0.2, 0) is 0 Å². The van der Waals surface area contributed by atoms with E-state index in [9.17, 15) is 4.79 Å². The molecular formula is C26H33NO3. The number of rotatable bonds is 14. The lowest BCUT2D eigenvalue weighted by Crippen LogP contribution is -2.08. The Morgan fingerprint density at radius 3 is 1.87 bits per heavy atom. The number of nitriles is 1. The number of benzene rings is 2. The summed E-state index contributed by atoms with van der Waals surface area (Å²) in [6, 6.07) is 15.5. The summed E-state index contributed by atoms with van der Waals surface area (Å²) in [4.78, 5) is 12.1. The van der Waals surface area contributed by atoms with Gasteiger partial charge in [-0.1, -0.05) is 64.7 Å². The highest BCUT2D eigenvalue weighted by molar-refractivity contribution is 5.91. The van der Waals surface area contributed by atoms with Gasteiger partial charge in [0.2, 0.25) is 0 Å². The average molecular weight is 408 g/mol. The fraction of sp³-hybridized carbons (Fsp3) is 0.462. The van der Waals surface area contributed by atoms with E-state index in [-0.39, 0.29) is 0 Å². The van der Waals surface area contributed by atoms with E-state index in [0.29, 0.717) is 23.5 Å². The third-order valence-electron chi connectivity index (χ3n) is 5.05. The second-order valence-electron chi connectivity index (χ2n) is 7.58. The standard InChI is InChI=1S/C26H33NO3/c1-2-3-4-5-6-7-8-9-10-11-20-29-24-16-18-25(19-17-24)30-26(28)23-14-12-22(21-27)13-15-23/h12-19H,2-11,20H2,1H3. The van der Waals surface area contributed by atoms with Crippen molar-refractivity contribution in [2.24, 2.45) is 0 Å². The molecule has 30 heavy (non-hydrogen) atoms. The summed E-state index contributed by atoms with van der Waals surface area (Å²) < 4.78 is 11.1. The van der Waals surface area contributed by atoms with Gasteiger partial charge in [-0.2, -0.15) is 5.26 Å². The molecule has 2 rings (SSSR count). The zero-order chi connectivity index (χ0) is 21.4. The molecule has 0 atom stereocenters. The van der Waals surface area contributed by atoms with Crippen molar-refractivity contribution in [3.63, 3.8) is 0 Å². The minimum Gasteiger partial charge on any atom is -0.494 e. The monoisotopic (exact) mass is 407 g/mol. The molecule has 0 saturated carbocycles. The van der Waals surface area contributed by atoms with Gasteiger partial charge >= 0.3 is 5.97 Å². The van der Waals surface area contributed by atoms with Crippen LogP contribution in [0.25, 0.3) is 0 Å². The normalized spacial score (nSPS) is 10.4. The Hall–Kier alpha value is -2.80. The van der Waals surface area contributed by atoms with Crippen LogP contribution in [-0.4, -0.2) is 12.6 Å². The fourth-order valence-corrected chi connectivity index (χ4v) is 3.23. The quantitative estimate of drug-likeness (QED) is 0.191. The van der Waals surface area contributed by atoms with Crippen LogP contribution >= 0.6 is 0 Å². The molecule has 4 nitrogen and oxygen atoms in total. The van der Waals surface area contributed by atoms with Crippen LogP contribution in [0.15, 0.2) is 48.5 Å². The van der Waals surface area contributed by atoms with Crippen molar-refractivity contribution >= 4 is 5.97 Å². The fourth-order valence-electron chi connectivity index (χ4n) is 3.23. The zero-order valence-electron chi connectivity index (χ0n) is 18.1. The van der Waals surface area contributed by atoms with Gasteiger partial charge in [0.25, 0.3) is 0 Å². The second kappa shape index (κ2) is 14.2. The average Bonchev–Trinajstić information content (AvgIpc) is 2.78. The van der Waals surface area contributed by atoms with Crippen LogP contribution in [0.3, 0.4) is 0 Å². The zero-order valence-corrected chi connectivity index (χ0v) is 18.1. The first-order valence-electron chi connectivity index (χ1n) is 11.2. The SMILES string of the molecule is CCCCCCCCCCCCOc1ccc(OC(=O)c2ccc(C#N)cc2)cc1. The first kappa shape index (κ1) is 23.5. The number of carbonyl (C=O) groups excluding carboxylic acids is 1. The highest BCUT2D eigenvalue weighted by Gasteiger charge is 2.08. The Balaban J connectivity index is 1.58. The highest BCUT2D eigenvalue weighted by Crippen LogP contribution is 2.19. The van der Waals surface area contributed by atoms with Crippen molar-refractivity contribution in [2.75, 3.05) is 6.61 Å². The minimum absolute atomic E-state index is 0.412. The highest BCUT2D eigenvalue weighted by atomic mass is 16.5. The Labute approximate surface area is 180 Å². The Kier molecular flexibility index (Phi) is 11.1. The Bertz CT molecular complexity index is 775. The Morgan fingerprint density at radius 2 is 1.30 bits per heavy atom. The third kappa shape index (κ3) is 9.13. The van der Waals surface area contributed by atoms with Gasteiger partial charge in [-0.15, -0.1) is 0 Å². The smallest absolute Gasteiger partial charge is 0.343 e. The molecule has 2 aromatic carbocycles. The predicted octanol–water partition coefficient (Wildman–Crippen LogP) is 7.08. The van der Waals surface area contributed by atoms with Crippen molar-refractivity contribution in [3.8, 4) is 17.6 Å². The minimum atomic E-state index is -0.446. The van der Waals surface area contributed by atoms with Gasteiger partial charge in [0.1, 0.15) is 11.5 Å². The molecule has 0 unspecified atom stereocenters. The predicted molar refractivity (Wildman–Crippen MR) is 120 cm³/mol. The topological polar surface area (TPSA) is 59.3 Å². The molecule has 0 aliphatic carbocycles. The van der Waals surface area contributed by atoms with Crippen LogP contribution in [0.4, 0.5) is 0 Å².